The molecule has 2 heteroatoms. The van der Waals surface area contributed by atoms with E-state index < -0.39 is 0 Å². The van der Waals surface area contributed by atoms with Crippen LogP contribution < -0.4 is 0 Å². The summed E-state index contributed by atoms with van der Waals surface area (Å²) in [6.07, 6.45) is 7.19. The van der Waals surface area contributed by atoms with Gasteiger partial charge in [-0.2, -0.15) is 0 Å². The summed E-state index contributed by atoms with van der Waals surface area (Å²) in [6.45, 7) is 2.77. The highest BCUT2D eigenvalue weighted by Gasteiger charge is 2.07. The molecule has 0 fully saturated rings. The second-order valence-corrected chi connectivity index (χ2v) is 2.40. The first-order valence-electron chi connectivity index (χ1n) is 3.90. The largest absolute Gasteiger partial charge is 0.497 e. The van der Waals surface area contributed by atoms with E-state index in [9.17, 15) is 0 Å². The molecule has 0 N–H and O–H groups in total. The zero-order valence-electron chi connectivity index (χ0n) is 7.04. The van der Waals surface area contributed by atoms with Crippen LogP contribution in [0.25, 0.3) is 0 Å². The molecule has 0 spiro atoms. The van der Waals surface area contributed by atoms with Crippen LogP contribution in [0, 0.1) is 0 Å². The molecule has 0 saturated carbocycles. The number of ether oxygens (including phenoxy) is 2. The average molecular weight is 154 g/mol. The van der Waals surface area contributed by atoms with Gasteiger partial charge in [0.05, 0.1) is 13.2 Å². The van der Waals surface area contributed by atoms with Gasteiger partial charge < -0.3 is 9.47 Å². The third-order valence-corrected chi connectivity index (χ3v) is 1.64. The lowest BCUT2D eigenvalue weighted by atomic mass is 10.1. The van der Waals surface area contributed by atoms with Crippen LogP contribution >= 0.6 is 0 Å². The van der Waals surface area contributed by atoms with Crippen molar-refractivity contribution in [2.75, 3.05) is 13.7 Å². The van der Waals surface area contributed by atoms with Crippen molar-refractivity contribution in [1.82, 2.24) is 0 Å². The fourth-order valence-electron chi connectivity index (χ4n) is 1.07. The standard InChI is InChI=1S/C9H14O2/c1-3-11-9-6-4-8(10-2)5-7-9/h4-6,9H,3,7H2,1-2H3. The number of methoxy groups -OCH3 is 1. The highest BCUT2D eigenvalue weighted by molar-refractivity contribution is 5.18. The molecule has 0 saturated heterocycles. The molecule has 0 aliphatic heterocycles. The van der Waals surface area contributed by atoms with Gasteiger partial charge in [-0.05, 0) is 25.5 Å². The average Bonchev–Trinajstić information content (AvgIpc) is 2.07. The normalized spacial score (nSPS) is 23.1. The Morgan fingerprint density at radius 2 is 2.45 bits per heavy atom. The molecule has 0 amide bonds. The van der Waals surface area contributed by atoms with Gasteiger partial charge in [0, 0.05) is 6.61 Å². The van der Waals surface area contributed by atoms with Crippen LogP contribution in [0.1, 0.15) is 13.3 Å². The van der Waals surface area contributed by atoms with Crippen LogP contribution in [-0.4, -0.2) is 19.8 Å². The number of hydrogen-bond donors (Lipinski definition) is 0. The van der Waals surface area contributed by atoms with Crippen molar-refractivity contribution in [3.63, 3.8) is 0 Å². The first-order chi connectivity index (χ1) is 5.36. The van der Waals surface area contributed by atoms with E-state index in [2.05, 4.69) is 0 Å². The van der Waals surface area contributed by atoms with Crippen LogP contribution in [0.2, 0.25) is 0 Å². The van der Waals surface area contributed by atoms with Gasteiger partial charge >= 0.3 is 0 Å². The van der Waals surface area contributed by atoms with Gasteiger partial charge in [-0.25, -0.2) is 0 Å². The fraction of sp³-hybridized carbons (Fsp3) is 0.556. The molecule has 0 heterocycles. The van der Waals surface area contributed by atoms with Gasteiger partial charge in [0.25, 0.3) is 0 Å². The Balaban J connectivity index is 2.37. The van der Waals surface area contributed by atoms with Gasteiger partial charge in [0.1, 0.15) is 5.76 Å². The fourth-order valence-corrected chi connectivity index (χ4v) is 1.07. The third kappa shape index (κ3) is 2.39. The summed E-state index contributed by atoms with van der Waals surface area (Å²) >= 11 is 0. The Hall–Kier alpha value is -0.760. The van der Waals surface area contributed by atoms with E-state index in [-0.39, 0.29) is 6.10 Å². The topological polar surface area (TPSA) is 18.5 Å². The molecule has 1 aliphatic carbocycles. The monoisotopic (exact) mass is 154 g/mol. The molecule has 1 rings (SSSR count). The molecular formula is C9H14O2. The zero-order chi connectivity index (χ0) is 8.10. The minimum atomic E-state index is 0.249. The number of hydrogen-bond acceptors (Lipinski definition) is 2. The Morgan fingerprint density at radius 3 is 2.91 bits per heavy atom. The second-order valence-electron chi connectivity index (χ2n) is 2.40. The van der Waals surface area contributed by atoms with E-state index >= 15 is 0 Å². The van der Waals surface area contributed by atoms with Crippen molar-refractivity contribution in [3.05, 3.63) is 24.0 Å². The van der Waals surface area contributed by atoms with E-state index in [1.807, 2.05) is 25.2 Å². The van der Waals surface area contributed by atoms with Gasteiger partial charge in [0.2, 0.25) is 0 Å². The minimum absolute atomic E-state index is 0.249. The summed E-state index contributed by atoms with van der Waals surface area (Å²) in [6, 6.07) is 0. The summed E-state index contributed by atoms with van der Waals surface area (Å²) in [5.74, 6) is 0.931. The molecule has 1 unspecified atom stereocenters. The third-order valence-electron chi connectivity index (χ3n) is 1.64. The van der Waals surface area contributed by atoms with Gasteiger partial charge in [-0.1, -0.05) is 6.08 Å². The van der Waals surface area contributed by atoms with Crippen LogP contribution in [0.5, 0.6) is 0 Å². The predicted octanol–water partition coefficient (Wildman–Crippen LogP) is 1.88. The maximum Gasteiger partial charge on any atom is 0.114 e. The van der Waals surface area contributed by atoms with Crippen LogP contribution in [0.4, 0.5) is 0 Å². The number of allylic oxidation sites excluding steroid dienone is 1. The lowest BCUT2D eigenvalue weighted by Gasteiger charge is -2.14. The molecule has 0 bridgehead atoms. The number of rotatable bonds is 3. The molecule has 0 aromatic rings. The molecule has 1 aliphatic rings. The summed E-state index contributed by atoms with van der Waals surface area (Å²) in [5.41, 5.74) is 0. The lowest BCUT2D eigenvalue weighted by Crippen LogP contribution is -2.11. The predicted molar refractivity (Wildman–Crippen MR) is 44.3 cm³/mol. The molecule has 62 valence electrons. The van der Waals surface area contributed by atoms with Crippen molar-refractivity contribution >= 4 is 0 Å². The summed E-state index contributed by atoms with van der Waals surface area (Å²) in [7, 11) is 1.68. The van der Waals surface area contributed by atoms with Crippen molar-refractivity contribution < 1.29 is 9.47 Å². The van der Waals surface area contributed by atoms with E-state index in [1.54, 1.807) is 7.11 Å². The van der Waals surface area contributed by atoms with Gasteiger partial charge in [-0.3, -0.25) is 0 Å². The maximum atomic E-state index is 5.39. The van der Waals surface area contributed by atoms with Crippen molar-refractivity contribution in [1.29, 1.82) is 0 Å². The smallest absolute Gasteiger partial charge is 0.114 e. The molecular weight excluding hydrogens is 140 g/mol. The molecule has 1 atom stereocenters. The first-order valence-corrected chi connectivity index (χ1v) is 3.90. The first kappa shape index (κ1) is 8.34. The Labute approximate surface area is 67.5 Å². The molecule has 0 radical (unpaired) electrons. The van der Waals surface area contributed by atoms with E-state index in [0.717, 1.165) is 18.8 Å². The van der Waals surface area contributed by atoms with E-state index in [0.29, 0.717) is 0 Å². The Morgan fingerprint density at radius 1 is 1.64 bits per heavy atom. The van der Waals surface area contributed by atoms with Crippen molar-refractivity contribution in [2.24, 2.45) is 0 Å². The SMILES string of the molecule is CCOC1C=CC(OC)=CC1. The summed E-state index contributed by atoms with van der Waals surface area (Å²) in [4.78, 5) is 0. The van der Waals surface area contributed by atoms with Crippen LogP contribution in [0.3, 0.4) is 0 Å². The lowest BCUT2D eigenvalue weighted by molar-refractivity contribution is 0.0958. The quantitative estimate of drug-likeness (QED) is 0.618. The molecule has 0 aromatic carbocycles. The Bertz CT molecular complexity index is 170. The highest BCUT2D eigenvalue weighted by Crippen LogP contribution is 2.13. The minimum Gasteiger partial charge on any atom is -0.497 e. The Kier molecular flexibility index (Phi) is 3.17. The highest BCUT2D eigenvalue weighted by atomic mass is 16.5. The maximum absolute atomic E-state index is 5.39. The zero-order valence-corrected chi connectivity index (χ0v) is 7.04. The molecule has 2 nitrogen and oxygen atoms in total. The van der Waals surface area contributed by atoms with Gasteiger partial charge in [-0.15, -0.1) is 0 Å². The summed E-state index contributed by atoms with van der Waals surface area (Å²) in [5, 5.41) is 0. The van der Waals surface area contributed by atoms with Crippen molar-refractivity contribution in [2.45, 2.75) is 19.4 Å². The molecule has 11 heavy (non-hydrogen) atoms. The van der Waals surface area contributed by atoms with E-state index in [1.165, 1.54) is 0 Å². The molecule has 0 aromatic heterocycles. The second kappa shape index (κ2) is 4.19. The summed E-state index contributed by atoms with van der Waals surface area (Å²) < 4.78 is 10.4. The van der Waals surface area contributed by atoms with Crippen LogP contribution in [-0.2, 0) is 9.47 Å². The van der Waals surface area contributed by atoms with Crippen LogP contribution in [0.15, 0.2) is 24.0 Å². The van der Waals surface area contributed by atoms with Gasteiger partial charge in [0.15, 0.2) is 0 Å². The van der Waals surface area contributed by atoms with Crippen molar-refractivity contribution in [3.8, 4) is 0 Å². The van der Waals surface area contributed by atoms with E-state index in [4.69, 9.17) is 9.47 Å².